The molecule has 29 nitrogen and oxygen atoms in total. The second kappa shape index (κ2) is 37.5. The van der Waals surface area contributed by atoms with E-state index in [0.29, 0.717) is 18.4 Å². The van der Waals surface area contributed by atoms with Gasteiger partial charge in [0.2, 0.25) is 11.8 Å². The van der Waals surface area contributed by atoms with E-state index >= 15 is 0 Å². The number of aliphatic carboxylic acids is 8. The lowest BCUT2D eigenvalue weighted by molar-refractivity contribution is -0.193. The Kier molecular flexibility index (Phi) is 34.5. The summed E-state index contributed by atoms with van der Waals surface area (Å²) in [5.74, 6) is -18.1. The molecule has 0 aromatic heterocycles. The van der Waals surface area contributed by atoms with Crippen LogP contribution >= 0.6 is 0 Å². The number of carboxylic acid groups (broad SMARTS) is 8. The van der Waals surface area contributed by atoms with E-state index in [9.17, 15) is 116 Å². The molecule has 1 atom stereocenters. The number of amides is 5. The van der Waals surface area contributed by atoms with E-state index in [0.717, 1.165) is 17.1 Å². The summed E-state index contributed by atoms with van der Waals surface area (Å²) in [5.41, 5.74) is 0.728. The number of benzene rings is 1. The molecule has 2 heterocycles. The highest BCUT2D eigenvalue weighted by Crippen LogP contribution is 2.16. The van der Waals surface area contributed by atoms with Crippen molar-refractivity contribution in [2.75, 3.05) is 91.6 Å². The number of carboxylic acids is 8. The average Bonchev–Trinajstić information content (AvgIpc) is 3.90. The molecule has 41 heteroatoms. The molecular formula is C44H54F12N8O21. The topological polar surface area (TPSA) is 436 Å². The molecule has 0 unspecified atom stereocenters. The van der Waals surface area contributed by atoms with Gasteiger partial charge in [-0.15, -0.1) is 0 Å². The van der Waals surface area contributed by atoms with Crippen LogP contribution in [-0.2, 0) is 64.1 Å². The average molecular weight is 1260 g/mol. The van der Waals surface area contributed by atoms with Crippen molar-refractivity contribution in [3.8, 4) is 0 Å². The van der Waals surface area contributed by atoms with Crippen molar-refractivity contribution < 1.29 is 156 Å². The molecule has 85 heavy (non-hydrogen) atoms. The Labute approximate surface area is 469 Å². The first-order valence-corrected chi connectivity index (χ1v) is 23.3. The molecule has 3 rings (SSSR count). The minimum atomic E-state index is -5.08. The van der Waals surface area contributed by atoms with Crippen molar-refractivity contribution in [2.24, 2.45) is 0 Å². The lowest BCUT2D eigenvalue weighted by Gasteiger charge is -2.32. The van der Waals surface area contributed by atoms with Gasteiger partial charge in [0.05, 0.1) is 32.7 Å². The van der Waals surface area contributed by atoms with Crippen molar-refractivity contribution in [3.05, 3.63) is 47.5 Å². The second-order valence-corrected chi connectivity index (χ2v) is 16.8. The number of hydrogen-bond donors (Lipinski definition) is 11. The summed E-state index contributed by atoms with van der Waals surface area (Å²) in [6.07, 6.45) is -17.4. The molecule has 1 fully saturated rings. The maximum Gasteiger partial charge on any atom is 0.490 e. The van der Waals surface area contributed by atoms with Gasteiger partial charge in [0.15, 0.2) is 0 Å². The van der Waals surface area contributed by atoms with Crippen molar-refractivity contribution in [1.29, 1.82) is 0 Å². The van der Waals surface area contributed by atoms with E-state index in [1.807, 2.05) is 0 Å². The number of rotatable bonds is 20. The SMILES string of the molecule is O=C(O)C(F)(F)F.O=C(O)C(F)(F)F.O=C(O)C(F)(F)F.O=C(O)C(F)(F)F.O=C(O)CN1CCN(CC(=O)O)CCN(CC(=O)NCc2cccc(C(=O)NCC(=O)N[C@@H](CCCCN3C(=O)C=CC3=O)C(=O)O)c2)CCN(CC(=O)O)CC1. The maximum atomic E-state index is 13.1. The summed E-state index contributed by atoms with van der Waals surface area (Å²) in [6.45, 7) is 0.623. The largest absolute Gasteiger partial charge is 0.490 e. The fraction of sp³-hybridized carbons (Fsp3) is 0.523. The molecule has 1 saturated heterocycles. The van der Waals surface area contributed by atoms with Crippen LogP contribution in [0.3, 0.4) is 0 Å². The minimum absolute atomic E-state index is 0.0286. The number of carbonyl (C=O) groups is 13. The Morgan fingerprint density at radius 3 is 1.14 bits per heavy atom. The third-order valence-electron chi connectivity index (χ3n) is 10.1. The quantitative estimate of drug-likeness (QED) is 0.0454. The highest BCUT2D eigenvalue weighted by Gasteiger charge is 2.40. The zero-order valence-electron chi connectivity index (χ0n) is 43.4. The van der Waals surface area contributed by atoms with Gasteiger partial charge in [0, 0.05) is 83.2 Å². The number of unbranched alkanes of at least 4 members (excludes halogenated alkanes) is 1. The van der Waals surface area contributed by atoms with Gasteiger partial charge in [-0.1, -0.05) is 12.1 Å². The van der Waals surface area contributed by atoms with E-state index in [-0.39, 0.29) is 110 Å². The molecule has 480 valence electrons. The van der Waals surface area contributed by atoms with E-state index in [2.05, 4.69) is 16.0 Å². The Morgan fingerprint density at radius 2 is 0.824 bits per heavy atom. The first-order valence-electron chi connectivity index (χ1n) is 23.3. The van der Waals surface area contributed by atoms with Gasteiger partial charge in [-0.25, -0.2) is 24.0 Å². The molecule has 1 aromatic rings. The van der Waals surface area contributed by atoms with Crippen LogP contribution in [-0.4, -0.2) is 265 Å². The second-order valence-electron chi connectivity index (χ2n) is 16.8. The maximum absolute atomic E-state index is 13.1. The summed E-state index contributed by atoms with van der Waals surface area (Å²) < 4.78 is 127. The molecule has 5 amide bonds. The van der Waals surface area contributed by atoms with Gasteiger partial charge < -0.3 is 56.8 Å². The predicted octanol–water partition coefficient (Wildman–Crippen LogP) is -0.294. The molecule has 0 aliphatic carbocycles. The molecule has 2 aliphatic rings. The van der Waals surface area contributed by atoms with Crippen LogP contribution in [0, 0.1) is 0 Å². The van der Waals surface area contributed by atoms with Crippen LogP contribution < -0.4 is 16.0 Å². The number of hydrogen-bond acceptors (Lipinski definition) is 17. The van der Waals surface area contributed by atoms with Crippen LogP contribution in [0.4, 0.5) is 52.7 Å². The molecule has 0 saturated carbocycles. The third-order valence-corrected chi connectivity index (χ3v) is 10.1. The molecule has 0 bridgehead atoms. The normalized spacial score (nSPS) is 15.1. The zero-order chi connectivity index (χ0) is 66.2. The number of nitrogens with zero attached hydrogens (tertiary/aromatic N) is 5. The van der Waals surface area contributed by atoms with Crippen LogP contribution in [0.1, 0.15) is 35.2 Å². The molecule has 1 aromatic carbocycles. The number of halogens is 12. The Morgan fingerprint density at radius 1 is 0.482 bits per heavy atom. The van der Waals surface area contributed by atoms with Gasteiger partial charge >= 0.3 is 72.5 Å². The van der Waals surface area contributed by atoms with Crippen molar-refractivity contribution >= 4 is 77.3 Å². The highest BCUT2D eigenvalue weighted by molar-refractivity contribution is 6.12. The van der Waals surface area contributed by atoms with Crippen LogP contribution in [0.5, 0.6) is 0 Å². The lowest BCUT2D eigenvalue weighted by Crippen LogP contribution is -2.49. The fourth-order valence-electron chi connectivity index (χ4n) is 6.10. The third kappa shape index (κ3) is 37.9. The molecule has 2 aliphatic heterocycles. The highest BCUT2D eigenvalue weighted by atomic mass is 19.4. The first-order chi connectivity index (χ1) is 38.9. The predicted molar refractivity (Wildman–Crippen MR) is 253 cm³/mol. The van der Waals surface area contributed by atoms with Crippen molar-refractivity contribution in [1.82, 2.24) is 40.4 Å². The van der Waals surface area contributed by atoms with E-state index < -0.39 is 109 Å². The number of imide groups is 1. The Balaban J connectivity index is 0. The van der Waals surface area contributed by atoms with E-state index in [1.165, 1.54) is 12.1 Å². The fourth-order valence-corrected chi connectivity index (χ4v) is 6.10. The Bertz CT molecular complexity index is 2370. The van der Waals surface area contributed by atoms with Gasteiger partial charge in [-0.05, 0) is 37.0 Å². The molecule has 11 N–H and O–H groups in total. The summed E-state index contributed by atoms with van der Waals surface area (Å²) >= 11 is 0. The Hall–Kier alpha value is -8.73. The van der Waals surface area contributed by atoms with Gasteiger partial charge in [-0.2, -0.15) is 52.7 Å². The number of alkyl halides is 12. The van der Waals surface area contributed by atoms with E-state index in [1.54, 1.807) is 31.7 Å². The van der Waals surface area contributed by atoms with E-state index in [4.69, 9.17) is 39.6 Å². The summed E-state index contributed by atoms with van der Waals surface area (Å²) in [7, 11) is 0. The van der Waals surface area contributed by atoms with Gasteiger partial charge in [-0.3, -0.25) is 62.9 Å². The summed E-state index contributed by atoms with van der Waals surface area (Å²) in [4.78, 5) is 151. The monoisotopic (exact) mass is 1260 g/mol. The van der Waals surface area contributed by atoms with Crippen molar-refractivity contribution in [3.63, 3.8) is 0 Å². The number of carbonyl (C=O) groups excluding carboxylic acids is 5. The summed E-state index contributed by atoms with van der Waals surface area (Å²) in [6, 6.07) is 5.00. The smallest absolute Gasteiger partial charge is 0.480 e. The van der Waals surface area contributed by atoms with Gasteiger partial charge in [0.1, 0.15) is 6.04 Å². The first kappa shape index (κ1) is 78.3. The summed E-state index contributed by atoms with van der Waals surface area (Å²) in [5, 5.41) is 73.8. The number of nitrogens with one attached hydrogen (secondary N) is 3. The molecule has 0 spiro atoms. The van der Waals surface area contributed by atoms with Crippen LogP contribution in [0.2, 0.25) is 0 Å². The molecular weight excluding hydrogens is 1200 g/mol. The minimum Gasteiger partial charge on any atom is -0.480 e. The van der Waals surface area contributed by atoms with Gasteiger partial charge in [0.25, 0.3) is 17.7 Å². The van der Waals surface area contributed by atoms with Crippen molar-refractivity contribution in [2.45, 2.75) is 56.6 Å². The van der Waals surface area contributed by atoms with Crippen LogP contribution in [0.15, 0.2) is 36.4 Å². The lowest BCUT2D eigenvalue weighted by atomic mass is 10.1. The molecule has 0 radical (unpaired) electrons. The zero-order valence-corrected chi connectivity index (χ0v) is 43.4. The van der Waals surface area contributed by atoms with Crippen LogP contribution in [0.25, 0.3) is 0 Å². The standard InChI is InChI=1S/C36H50N8O13.4C2HF3O2/c45-28(39-27(36(56)57)6-1-2-9-44-30(47)7-8-31(44)48)20-38-35(55)26-5-3-4-25(18-26)19-37-29(46)21-40-10-12-41(22-32(49)50)14-16-43(24-34(53)54)17-15-42(13-11-40)23-33(51)52;4*3-2(4,5)1(6)7/h3-5,7-8,18,27H,1-2,6,9-17,19-24H2,(H,37,46)(H,38,55)(H,39,45)(H,49,50)(H,51,52)(H,53,54)(H,56,57);4*(H,6,7)/t27-;;;;/m0..../s1.